The van der Waals surface area contributed by atoms with Crippen molar-refractivity contribution in [3.05, 3.63) is 59.7 Å². The molecule has 4 aromatic rings. The molecular formula is C24H25F2N7O3. The summed E-state index contributed by atoms with van der Waals surface area (Å²) in [6.07, 6.45) is 0.223. The molecule has 2 atom stereocenters. The number of β-amino-alcohol motifs (C(OH)–C–C–N with tert-alkyl or cyclic N) is 2. The fourth-order valence-electron chi connectivity index (χ4n) is 4.44. The molecule has 3 aromatic heterocycles. The van der Waals surface area contributed by atoms with Gasteiger partial charge in [0.2, 0.25) is 11.7 Å². The molecule has 4 heterocycles. The van der Waals surface area contributed by atoms with E-state index in [2.05, 4.69) is 20.4 Å². The van der Waals surface area contributed by atoms with Gasteiger partial charge in [-0.05, 0) is 25.1 Å². The van der Waals surface area contributed by atoms with Crippen molar-refractivity contribution in [2.75, 3.05) is 18.4 Å². The summed E-state index contributed by atoms with van der Waals surface area (Å²) in [5.74, 6) is -0.443. The van der Waals surface area contributed by atoms with Crippen LogP contribution in [0.25, 0.3) is 16.7 Å². The van der Waals surface area contributed by atoms with Crippen LogP contribution in [0.4, 0.5) is 20.4 Å². The number of carbonyl (C=O) groups excluding carboxylic acids is 1. The lowest BCUT2D eigenvalue weighted by molar-refractivity contribution is 0.0572. The van der Waals surface area contributed by atoms with Gasteiger partial charge in [0.15, 0.2) is 5.82 Å². The molecule has 0 aliphatic carbocycles. The first kappa shape index (κ1) is 24.0. The zero-order valence-electron chi connectivity index (χ0n) is 19.6. The number of nitrogens with one attached hydrogen (secondary N) is 1. The summed E-state index contributed by atoms with van der Waals surface area (Å²) in [7, 11) is 1.69. The Balaban J connectivity index is 1.38. The number of aryl methyl sites for hydroxylation is 2. The van der Waals surface area contributed by atoms with E-state index in [-0.39, 0.29) is 11.5 Å². The highest BCUT2D eigenvalue weighted by Crippen LogP contribution is 2.27. The van der Waals surface area contributed by atoms with E-state index in [4.69, 9.17) is 0 Å². The quantitative estimate of drug-likeness (QED) is 0.332. The zero-order chi connectivity index (χ0) is 25.6. The van der Waals surface area contributed by atoms with Crippen molar-refractivity contribution < 1.29 is 23.8 Å². The fourth-order valence-corrected chi connectivity index (χ4v) is 4.44. The Hall–Kier alpha value is -3.74. The molecule has 5 rings (SSSR count). The van der Waals surface area contributed by atoms with Crippen LogP contribution < -0.4 is 5.32 Å². The van der Waals surface area contributed by atoms with E-state index >= 15 is 0 Å². The van der Waals surface area contributed by atoms with Crippen LogP contribution in [0.2, 0.25) is 0 Å². The minimum absolute atomic E-state index is 0.0431. The Morgan fingerprint density at radius 1 is 1.19 bits per heavy atom. The Kier molecular flexibility index (Phi) is 6.24. The largest absolute Gasteiger partial charge is 0.389 e. The van der Waals surface area contributed by atoms with Gasteiger partial charge in [-0.25, -0.2) is 18.4 Å². The highest BCUT2D eigenvalue weighted by molar-refractivity contribution is 6.10. The van der Waals surface area contributed by atoms with E-state index in [9.17, 15) is 23.8 Å². The molecule has 3 N–H and O–H groups in total. The van der Waals surface area contributed by atoms with Gasteiger partial charge in [0.05, 0.1) is 17.9 Å². The van der Waals surface area contributed by atoms with E-state index in [1.807, 2.05) is 18.0 Å². The molecule has 1 fully saturated rings. The number of anilines is 2. The molecule has 10 nitrogen and oxygen atoms in total. The summed E-state index contributed by atoms with van der Waals surface area (Å²) in [6.45, 7) is 3.20. The van der Waals surface area contributed by atoms with Crippen LogP contribution >= 0.6 is 0 Å². The summed E-state index contributed by atoms with van der Waals surface area (Å²) in [6, 6.07) is 6.81. The standard InChI is InChI=1S/C24H25F2N7O3/c1-13-14(8-32-11-19(34)20(35)12-32)9-33(30-13)21-5-6-27-24(29-21)28-15-3-4-18-16(7-15)17(10-31(18)2)22(36)23(25)26/h3-7,9-10,19-20,23,34-35H,8,11-12H2,1-2H3,(H,27,28,29)/t19-,20-/m0/s1. The zero-order valence-corrected chi connectivity index (χ0v) is 19.6. The summed E-state index contributed by atoms with van der Waals surface area (Å²) >= 11 is 0. The highest BCUT2D eigenvalue weighted by Gasteiger charge is 2.30. The third kappa shape index (κ3) is 4.57. The number of aliphatic hydroxyl groups is 2. The number of likely N-dealkylation sites (tertiary alicyclic amines) is 1. The number of rotatable bonds is 7. The molecular weight excluding hydrogens is 472 g/mol. The van der Waals surface area contributed by atoms with Gasteiger partial charge in [-0.1, -0.05) is 0 Å². The molecule has 36 heavy (non-hydrogen) atoms. The maximum Gasteiger partial charge on any atom is 0.300 e. The van der Waals surface area contributed by atoms with E-state index in [1.165, 1.54) is 6.20 Å². The van der Waals surface area contributed by atoms with Crippen LogP contribution in [0, 0.1) is 6.92 Å². The molecule has 1 aliphatic heterocycles. The van der Waals surface area contributed by atoms with Crippen molar-refractivity contribution in [1.29, 1.82) is 0 Å². The first-order valence-corrected chi connectivity index (χ1v) is 11.3. The molecule has 0 bridgehead atoms. The molecule has 0 amide bonds. The number of benzene rings is 1. The van der Waals surface area contributed by atoms with Crippen molar-refractivity contribution >= 4 is 28.3 Å². The van der Waals surface area contributed by atoms with Gasteiger partial charge in [-0.2, -0.15) is 10.1 Å². The normalized spacial score (nSPS) is 18.4. The van der Waals surface area contributed by atoms with Crippen LogP contribution in [0.3, 0.4) is 0 Å². The lowest BCUT2D eigenvalue weighted by Crippen LogP contribution is -2.22. The number of alkyl halides is 2. The SMILES string of the molecule is Cc1nn(-c2ccnc(Nc3ccc4c(c3)c(C(=O)C(F)F)cn4C)n2)cc1CN1C[C@H](O)[C@@H](O)C1. The van der Waals surface area contributed by atoms with Crippen LogP contribution in [0.5, 0.6) is 0 Å². The van der Waals surface area contributed by atoms with Crippen molar-refractivity contribution in [3.8, 4) is 5.82 Å². The third-order valence-corrected chi connectivity index (χ3v) is 6.31. The maximum atomic E-state index is 13.1. The first-order chi connectivity index (χ1) is 17.2. The van der Waals surface area contributed by atoms with Crippen LogP contribution in [-0.4, -0.2) is 76.9 Å². The van der Waals surface area contributed by atoms with Gasteiger partial charge in [0.1, 0.15) is 0 Å². The molecule has 0 saturated carbocycles. The molecule has 0 radical (unpaired) electrons. The van der Waals surface area contributed by atoms with Crippen LogP contribution in [0.1, 0.15) is 21.6 Å². The first-order valence-electron chi connectivity index (χ1n) is 11.3. The van der Waals surface area contributed by atoms with Gasteiger partial charge in [-0.3, -0.25) is 9.69 Å². The topological polar surface area (TPSA) is 121 Å². The lowest BCUT2D eigenvalue weighted by atomic mass is 10.1. The predicted octanol–water partition coefficient (Wildman–Crippen LogP) is 2.19. The summed E-state index contributed by atoms with van der Waals surface area (Å²) in [4.78, 5) is 22.7. The number of aliphatic hydroxyl groups excluding tert-OH is 2. The van der Waals surface area contributed by atoms with E-state index in [1.54, 1.807) is 46.8 Å². The van der Waals surface area contributed by atoms with Gasteiger partial charge in [0, 0.05) is 79.1 Å². The van der Waals surface area contributed by atoms with Crippen molar-refractivity contribution in [2.24, 2.45) is 7.05 Å². The number of nitrogens with zero attached hydrogens (tertiary/aromatic N) is 6. The smallest absolute Gasteiger partial charge is 0.300 e. The number of ketones is 1. The highest BCUT2D eigenvalue weighted by atomic mass is 19.3. The average Bonchev–Trinajstić information content (AvgIpc) is 3.48. The van der Waals surface area contributed by atoms with Gasteiger partial charge in [0.25, 0.3) is 0 Å². The second kappa shape index (κ2) is 9.37. The molecule has 0 spiro atoms. The van der Waals surface area contributed by atoms with Crippen LogP contribution in [-0.2, 0) is 13.6 Å². The third-order valence-electron chi connectivity index (χ3n) is 6.31. The van der Waals surface area contributed by atoms with Crippen LogP contribution in [0.15, 0.2) is 42.9 Å². The van der Waals surface area contributed by atoms with Crippen molar-refractivity contribution in [2.45, 2.75) is 32.1 Å². The number of fused-ring (bicyclic) bond motifs is 1. The summed E-state index contributed by atoms with van der Waals surface area (Å²) in [5, 5.41) is 27.6. The van der Waals surface area contributed by atoms with Crippen molar-refractivity contribution in [3.63, 3.8) is 0 Å². The lowest BCUT2D eigenvalue weighted by Gasteiger charge is -2.13. The molecule has 188 valence electrons. The predicted molar refractivity (Wildman–Crippen MR) is 128 cm³/mol. The second-order valence-corrected chi connectivity index (χ2v) is 8.93. The summed E-state index contributed by atoms with van der Waals surface area (Å²) < 4.78 is 29.4. The Labute approximate surface area is 204 Å². The summed E-state index contributed by atoms with van der Waals surface area (Å²) in [5.41, 5.74) is 2.88. The fraction of sp³-hybridized carbons (Fsp3) is 0.333. The van der Waals surface area contributed by atoms with Crippen molar-refractivity contribution in [1.82, 2.24) is 29.2 Å². The minimum atomic E-state index is -3.09. The number of carbonyl (C=O) groups is 1. The molecule has 1 aliphatic rings. The number of Topliss-reactive ketones (excluding diaryl/α,β-unsaturated/α-hetero) is 1. The average molecular weight is 498 g/mol. The number of hydrogen-bond donors (Lipinski definition) is 3. The van der Waals surface area contributed by atoms with E-state index in [0.29, 0.717) is 42.0 Å². The Morgan fingerprint density at radius 3 is 2.67 bits per heavy atom. The second-order valence-electron chi connectivity index (χ2n) is 8.93. The maximum absolute atomic E-state index is 13.1. The number of aromatic nitrogens is 5. The molecule has 0 unspecified atom stereocenters. The monoisotopic (exact) mass is 497 g/mol. The van der Waals surface area contributed by atoms with Gasteiger partial charge in [-0.15, -0.1) is 0 Å². The van der Waals surface area contributed by atoms with Gasteiger partial charge < -0.3 is 20.1 Å². The number of halogens is 2. The van der Waals surface area contributed by atoms with Gasteiger partial charge >= 0.3 is 6.43 Å². The molecule has 12 heteroatoms. The Bertz CT molecular complexity index is 1420. The van der Waals surface area contributed by atoms with E-state index < -0.39 is 24.4 Å². The molecule has 1 saturated heterocycles. The number of hydrogen-bond acceptors (Lipinski definition) is 8. The minimum Gasteiger partial charge on any atom is -0.389 e. The Morgan fingerprint density at radius 2 is 1.94 bits per heavy atom. The molecule has 1 aromatic carbocycles. The van der Waals surface area contributed by atoms with E-state index in [0.717, 1.165) is 11.3 Å².